The van der Waals surface area contributed by atoms with Crippen molar-refractivity contribution in [2.24, 2.45) is 0 Å². The Balaban J connectivity index is 1.90. The number of pyridine rings is 1. The number of nitrogens with zero attached hydrogens (tertiary/aromatic N) is 2. The molecule has 5 heteroatoms. The Labute approximate surface area is 158 Å². The van der Waals surface area contributed by atoms with E-state index in [0.29, 0.717) is 16.9 Å². The van der Waals surface area contributed by atoms with E-state index >= 15 is 0 Å². The van der Waals surface area contributed by atoms with Crippen LogP contribution in [-0.4, -0.2) is 15.4 Å². The first-order valence-corrected chi connectivity index (χ1v) is 8.93. The van der Waals surface area contributed by atoms with Crippen LogP contribution >= 0.6 is 0 Å². The van der Waals surface area contributed by atoms with E-state index < -0.39 is 0 Å². The predicted molar refractivity (Wildman–Crippen MR) is 105 cm³/mol. The summed E-state index contributed by atoms with van der Waals surface area (Å²) in [7, 11) is 0. The van der Waals surface area contributed by atoms with Crippen molar-refractivity contribution in [1.82, 2.24) is 9.38 Å². The van der Waals surface area contributed by atoms with E-state index in [4.69, 9.17) is 4.74 Å². The van der Waals surface area contributed by atoms with Crippen LogP contribution in [0.2, 0.25) is 0 Å². The minimum absolute atomic E-state index is 0.0384. The van der Waals surface area contributed by atoms with Crippen molar-refractivity contribution in [2.45, 2.75) is 48.1 Å². The maximum atomic E-state index is 12.7. The van der Waals surface area contributed by atoms with Gasteiger partial charge in [0, 0.05) is 12.3 Å². The van der Waals surface area contributed by atoms with Gasteiger partial charge in [0.25, 0.3) is 5.56 Å². The maximum absolute atomic E-state index is 12.7. The third kappa shape index (κ3) is 3.37. The molecule has 2 heterocycles. The van der Waals surface area contributed by atoms with Crippen LogP contribution in [-0.2, 0) is 11.3 Å². The molecule has 0 radical (unpaired) electrons. The Kier molecular flexibility index (Phi) is 4.87. The summed E-state index contributed by atoms with van der Waals surface area (Å²) in [5.74, 6) is -0.387. The fourth-order valence-corrected chi connectivity index (χ4v) is 3.35. The van der Waals surface area contributed by atoms with Crippen molar-refractivity contribution in [3.63, 3.8) is 0 Å². The number of ether oxygens (including phenoxy) is 1. The molecule has 27 heavy (non-hydrogen) atoms. The molecule has 0 N–H and O–H groups in total. The molecular formula is C22H24N2O3. The lowest BCUT2D eigenvalue weighted by Crippen LogP contribution is -2.17. The second-order valence-electron chi connectivity index (χ2n) is 7.10. The van der Waals surface area contributed by atoms with E-state index in [1.807, 2.05) is 40.7 Å². The molecule has 0 aliphatic rings. The highest BCUT2D eigenvalue weighted by Gasteiger charge is 2.19. The smallest absolute Gasteiger partial charge is 0.339 e. The van der Waals surface area contributed by atoms with Gasteiger partial charge < -0.3 is 4.74 Å². The molecule has 0 spiro atoms. The molecule has 0 bridgehead atoms. The normalized spacial score (nSPS) is 11.0. The van der Waals surface area contributed by atoms with Crippen molar-refractivity contribution in [3.05, 3.63) is 79.4 Å². The molecule has 0 fully saturated rings. The molecule has 0 unspecified atom stereocenters. The van der Waals surface area contributed by atoms with E-state index in [1.54, 1.807) is 12.3 Å². The zero-order valence-corrected chi connectivity index (χ0v) is 16.6. The van der Waals surface area contributed by atoms with E-state index in [1.165, 1.54) is 16.0 Å². The number of esters is 1. The van der Waals surface area contributed by atoms with Gasteiger partial charge in [-0.05, 0) is 81.0 Å². The summed E-state index contributed by atoms with van der Waals surface area (Å²) in [5.41, 5.74) is 7.62. The summed E-state index contributed by atoms with van der Waals surface area (Å²) in [6.07, 6.45) is 1.74. The highest BCUT2D eigenvalue weighted by molar-refractivity contribution is 5.93. The number of aromatic nitrogens is 2. The van der Waals surface area contributed by atoms with E-state index in [-0.39, 0.29) is 18.1 Å². The molecule has 3 rings (SSSR count). The van der Waals surface area contributed by atoms with Crippen LogP contribution in [0.1, 0.15) is 49.4 Å². The predicted octanol–water partition coefficient (Wildman–Crippen LogP) is 3.90. The number of aryl methyl sites for hydroxylation is 1. The van der Waals surface area contributed by atoms with Crippen molar-refractivity contribution in [2.75, 3.05) is 0 Å². The van der Waals surface area contributed by atoms with E-state index in [0.717, 1.165) is 27.8 Å². The fraction of sp³-hybridized carbons (Fsp3) is 0.318. The number of carbonyl (C=O) groups excluding carboxylic acids is 1. The second-order valence-corrected chi connectivity index (χ2v) is 7.10. The topological polar surface area (TPSA) is 60.7 Å². The van der Waals surface area contributed by atoms with E-state index in [9.17, 15) is 9.59 Å². The van der Waals surface area contributed by atoms with Gasteiger partial charge in [-0.25, -0.2) is 9.78 Å². The summed E-state index contributed by atoms with van der Waals surface area (Å²) < 4.78 is 6.99. The van der Waals surface area contributed by atoms with Gasteiger partial charge in [0.1, 0.15) is 12.3 Å². The summed E-state index contributed by atoms with van der Waals surface area (Å²) in [6, 6.07) is 5.08. The number of hydrogen-bond donors (Lipinski definition) is 0. The number of fused-ring (bicyclic) bond motifs is 1. The molecular weight excluding hydrogens is 340 g/mol. The minimum atomic E-state index is -0.387. The van der Waals surface area contributed by atoms with Crippen LogP contribution in [0.25, 0.3) is 5.65 Å². The monoisotopic (exact) mass is 364 g/mol. The summed E-state index contributed by atoms with van der Waals surface area (Å²) >= 11 is 0. The summed E-state index contributed by atoms with van der Waals surface area (Å²) in [4.78, 5) is 29.4. The maximum Gasteiger partial charge on any atom is 0.339 e. The summed E-state index contributed by atoms with van der Waals surface area (Å²) in [6.45, 7) is 11.8. The van der Waals surface area contributed by atoms with Gasteiger partial charge in [0.05, 0.1) is 11.3 Å². The van der Waals surface area contributed by atoms with Crippen LogP contribution in [0, 0.1) is 41.5 Å². The number of benzene rings is 1. The standard InChI is InChI=1S/C22H24N2O3/c1-12-7-8-19-23-18(9-20(25)24(19)10-12)11-27-22(26)21-16(5)14(3)13(2)15(4)17(21)6/h7-10H,11H2,1-6H3. The SMILES string of the molecule is Cc1ccc2nc(COC(=O)c3c(C)c(C)c(C)c(C)c3C)cc(=O)n2c1. The van der Waals surface area contributed by atoms with Gasteiger partial charge in [0.15, 0.2) is 0 Å². The zero-order valence-electron chi connectivity index (χ0n) is 16.6. The summed E-state index contributed by atoms with van der Waals surface area (Å²) in [5, 5.41) is 0. The Morgan fingerprint density at radius 1 is 0.963 bits per heavy atom. The molecule has 140 valence electrons. The number of rotatable bonds is 3. The lowest BCUT2D eigenvalue weighted by Gasteiger charge is -2.17. The Bertz CT molecular complexity index is 1100. The Hall–Kier alpha value is -2.95. The van der Waals surface area contributed by atoms with Gasteiger partial charge in [-0.3, -0.25) is 9.20 Å². The molecule has 0 saturated heterocycles. The molecule has 0 aliphatic heterocycles. The van der Waals surface area contributed by atoms with Gasteiger partial charge in [-0.15, -0.1) is 0 Å². The average molecular weight is 364 g/mol. The first-order valence-electron chi connectivity index (χ1n) is 8.93. The molecule has 2 aromatic heterocycles. The lowest BCUT2D eigenvalue weighted by atomic mass is 9.90. The molecule has 0 atom stereocenters. The highest BCUT2D eigenvalue weighted by atomic mass is 16.5. The third-order valence-electron chi connectivity index (χ3n) is 5.42. The van der Waals surface area contributed by atoms with Gasteiger partial charge in [0.2, 0.25) is 0 Å². The first-order chi connectivity index (χ1) is 12.7. The number of hydrogen-bond acceptors (Lipinski definition) is 4. The van der Waals surface area contributed by atoms with Crippen LogP contribution in [0.3, 0.4) is 0 Å². The second kappa shape index (κ2) is 6.99. The quantitative estimate of drug-likeness (QED) is 0.661. The van der Waals surface area contributed by atoms with Crippen molar-refractivity contribution >= 4 is 11.6 Å². The minimum Gasteiger partial charge on any atom is -0.456 e. The molecule has 0 amide bonds. The molecule has 3 aromatic rings. The van der Waals surface area contributed by atoms with Crippen molar-refractivity contribution < 1.29 is 9.53 Å². The number of carbonyl (C=O) groups is 1. The average Bonchev–Trinajstić information content (AvgIpc) is 2.64. The Morgan fingerprint density at radius 2 is 1.56 bits per heavy atom. The molecule has 1 aromatic carbocycles. The van der Waals surface area contributed by atoms with Gasteiger partial charge in [-0.2, -0.15) is 0 Å². The zero-order chi connectivity index (χ0) is 19.9. The molecule has 5 nitrogen and oxygen atoms in total. The fourth-order valence-electron chi connectivity index (χ4n) is 3.35. The lowest BCUT2D eigenvalue weighted by molar-refractivity contribution is 0.0465. The Morgan fingerprint density at radius 3 is 2.19 bits per heavy atom. The van der Waals surface area contributed by atoms with Crippen molar-refractivity contribution in [3.8, 4) is 0 Å². The van der Waals surface area contributed by atoms with Gasteiger partial charge >= 0.3 is 5.97 Å². The largest absolute Gasteiger partial charge is 0.456 e. The first kappa shape index (κ1) is 18.8. The van der Waals surface area contributed by atoms with Crippen molar-refractivity contribution in [1.29, 1.82) is 0 Å². The molecule has 0 saturated carbocycles. The van der Waals surface area contributed by atoms with E-state index in [2.05, 4.69) is 11.9 Å². The highest BCUT2D eigenvalue weighted by Crippen LogP contribution is 2.26. The molecule has 0 aliphatic carbocycles. The van der Waals surface area contributed by atoms with Crippen LogP contribution in [0.15, 0.2) is 29.2 Å². The van der Waals surface area contributed by atoms with Gasteiger partial charge in [-0.1, -0.05) is 6.07 Å². The van der Waals surface area contributed by atoms with Crippen LogP contribution in [0.5, 0.6) is 0 Å². The van der Waals surface area contributed by atoms with Crippen LogP contribution < -0.4 is 5.56 Å². The van der Waals surface area contributed by atoms with Crippen LogP contribution in [0.4, 0.5) is 0 Å². The third-order valence-corrected chi connectivity index (χ3v) is 5.42.